The third-order valence-corrected chi connectivity index (χ3v) is 5.81. The number of nitrogens with one attached hydrogen (secondary N) is 2. The minimum atomic E-state index is -0.551. The van der Waals surface area contributed by atoms with Crippen LogP contribution in [-0.4, -0.2) is 21.1 Å². The second-order valence-electron chi connectivity index (χ2n) is 7.55. The zero-order valence-electron chi connectivity index (χ0n) is 16.7. The number of benzene rings is 2. The van der Waals surface area contributed by atoms with Crippen LogP contribution in [0.2, 0.25) is 5.02 Å². The van der Waals surface area contributed by atoms with Crippen LogP contribution in [0.15, 0.2) is 53.6 Å². The van der Waals surface area contributed by atoms with Crippen molar-refractivity contribution in [3.8, 4) is 11.1 Å². The molecule has 0 radical (unpaired) electrons. The zero-order chi connectivity index (χ0) is 21.5. The number of halogens is 2. The van der Waals surface area contributed by atoms with Crippen LogP contribution < -0.4 is 16.1 Å². The third-order valence-electron chi connectivity index (χ3n) is 5.50. The Morgan fingerprint density at radius 1 is 1.23 bits per heavy atom. The molecule has 2 aromatic carbocycles. The molecule has 2 aromatic heterocycles. The number of aryl methyl sites for hydroxylation is 1. The van der Waals surface area contributed by atoms with Gasteiger partial charge in [-0.05, 0) is 48.4 Å². The number of nitrogens with zero attached hydrogens (tertiary/aromatic N) is 3. The molecule has 0 aliphatic carbocycles. The number of hydrogen-bond acceptors (Lipinski definition) is 5. The van der Waals surface area contributed by atoms with E-state index < -0.39 is 5.82 Å². The summed E-state index contributed by atoms with van der Waals surface area (Å²) in [6.45, 7) is 1.82. The highest BCUT2D eigenvalue weighted by Gasteiger charge is 2.17. The first-order valence-electron chi connectivity index (χ1n) is 9.91. The molecule has 0 atom stereocenters. The maximum absolute atomic E-state index is 14.4. The molecule has 31 heavy (non-hydrogen) atoms. The normalized spacial score (nSPS) is 13.3. The van der Waals surface area contributed by atoms with Crippen molar-refractivity contribution in [1.82, 2.24) is 19.9 Å². The Labute approximate surface area is 182 Å². The molecular weight excluding hydrogens is 417 g/mol. The van der Waals surface area contributed by atoms with Crippen LogP contribution in [0.1, 0.15) is 11.1 Å². The van der Waals surface area contributed by atoms with Crippen molar-refractivity contribution in [3.63, 3.8) is 0 Å². The van der Waals surface area contributed by atoms with Crippen molar-refractivity contribution in [2.75, 3.05) is 11.9 Å². The Balaban J connectivity index is 1.55. The van der Waals surface area contributed by atoms with E-state index in [1.807, 2.05) is 6.07 Å². The summed E-state index contributed by atoms with van der Waals surface area (Å²) in [5.74, 6) is -0.173. The van der Waals surface area contributed by atoms with Crippen LogP contribution in [-0.2, 0) is 20.0 Å². The predicted molar refractivity (Wildman–Crippen MR) is 120 cm³/mol. The number of rotatable bonds is 3. The molecule has 6 nitrogen and oxygen atoms in total. The standard InChI is InChI=1S/C23H19ClFN5O/c1-30-12-17(20-18(24)3-2-4-19(20)25)21(31)16-11-27-23(29-22(16)30)28-15-6-5-13-7-8-26-10-14(13)9-15/h2-6,9,11-12,26H,7-8,10H2,1H3,(H,27,28,29). The molecule has 1 aliphatic heterocycles. The molecular formula is C23H19ClFN5O. The predicted octanol–water partition coefficient (Wildman–Crippen LogP) is 4.18. The van der Waals surface area contributed by atoms with Crippen LogP contribution in [0.25, 0.3) is 22.2 Å². The van der Waals surface area contributed by atoms with Gasteiger partial charge in [0.05, 0.1) is 16.0 Å². The molecule has 2 N–H and O–H groups in total. The second kappa shape index (κ2) is 7.76. The van der Waals surface area contributed by atoms with Gasteiger partial charge in [0.2, 0.25) is 11.4 Å². The van der Waals surface area contributed by atoms with Gasteiger partial charge in [-0.25, -0.2) is 9.37 Å². The number of pyridine rings is 1. The number of hydrogen-bond donors (Lipinski definition) is 2. The largest absolute Gasteiger partial charge is 0.335 e. The lowest BCUT2D eigenvalue weighted by atomic mass is 10.0. The summed E-state index contributed by atoms with van der Waals surface area (Å²) in [5, 5.41) is 7.04. The summed E-state index contributed by atoms with van der Waals surface area (Å²) in [5.41, 5.74) is 3.79. The summed E-state index contributed by atoms with van der Waals surface area (Å²) in [6.07, 6.45) is 4.03. The van der Waals surface area contributed by atoms with Gasteiger partial charge in [-0.3, -0.25) is 4.79 Å². The molecule has 5 rings (SSSR count). The Kier molecular flexibility index (Phi) is 4.92. The van der Waals surface area contributed by atoms with E-state index in [9.17, 15) is 9.18 Å². The fraction of sp³-hybridized carbons (Fsp3) is 0.174. The fourth-order valence-corrected chi connectivity index (χ4v) is 4.21. The number of anilines is 2. The van der Waals surface area contributed by atoms with Crippen molar-refractivity contribution in [3.05, 3.63) is 81.0 Å². The smallest absolute Gasteiger partial charge is 0.229 e. The lowest BCUT2D eigenvalue weighted by molar-refractivity contribution is 0.631. The third kappa shape index (κ3) is 3.56. The number of fused-ring (bicyclic) bond motifs is 2. The summed E-state index contributed by atoms with van der Waals surface area (Å²) in [4.78, 5) is 21.9. The quantitative estimate of drug-likeness (QED) is 0.505. The van der Waals surface area contributed by atoms with E-state index in [0.29, 0.717) is 17.0 Å². The maximum atomic E-state index is 14.4. The van der Waals surface area contributed by atoms with Crippen LogP contribution in [0.4, 0.5) is 16.0 Å². The Bertz CT molecular complexity index is 1360. The average Bonchev–Trinajstić information content (AvgIpc) is 2.77. The van der Waals surface area contributed by atoms with Crippen molar-refractivity contribution in [1.29, 1.82) is 0 Å². The van der Waals surface area contributed by atoms with Gasteiger partial charge in [0.15, 0.2) is 0 Å². The highest BCUT2D eigenvalue weighted by atomic mass is 35.5. The van der Waals surface area contributed by atoms with E-state index in [0.717, 1.165) is 25.2 Å². The lowest BCUT2D eigenvalue weighted by Crippen LogP contribution is -2.23. The molecule has 0 saturated heterocycles. The van der Waals surface area contributed by atoms with Gasteiger partial charge in [-0.15, -0.1) is 0 Å². The summed E-state index contributed by atoms with van der Waals surface area (Å²) in [6, 6.07) is 10.5. The molecule has 3 heterocycles. The van der Waals surface area contributed by atoms with Crippen molar-refractivity contribution in [2.24, 2.45) is 7.05 Å². The molecule has 0 fully saturated rings. The Morgan fingerprint density at radius 3 is 2.94 bits per heavy atom. The van der Waals surface area contributed by atoms with Gasteiger partial charge < -0.3 is 15.2 Å². The van der Waals surface area contributed by atoms with E-state index in [-0.39, 0.29) is 21.6 Å². The van der Waals surface area contributed by atoms with Gasteiger partial charge in [0, 0.05) is 37.2 Å². The zero-order valence-corrected chi connectivity index (χ0v) is 17.5. The van der Waals surface area contributed by atoms with Crippen LogP contribution >= 0.6 is 11.6 Å². The minimum Gasteiger partial charge on any atom is -0.335 e. The van der Waals surface area contributed by atoms with Gasteiger partial charge in [-0.2, -0.15) is 4.98 Å². The van der Waals surface area contributed by atoms with E-state index in [1.165, 1.54) is 29.5 Å². The molecule has 8 heteroatoms. The molecule has 0 spiro atoms. The van der Waals surface area contributed by atoms with E-state index in [2.05, 4.69) is 32.7 Å². The highest BCUT2D eigenvalue weighted by Crippen LogP contribution is 2.29. The first-order valence-corrected chi connectivity index (χ1v) is 10.3. The van der Waals surface area contributed by atoms with Crippen LogP contribution in [0.3, 0.4) is 0 Å². The van der Waals surface area contributed by atoms with Gasteiger partial charge in [0.25, 0.3) is 0 Å². The maximum Gasteiger partial charge on any atom is 0.229 e. The summed E-state index contributed by atoms with van der Waals surface area (Å²) in [7, 11) is 1.75. The van der Waals surface area contributed by atoms with Crippen LogP contribution in [0.5, 0.6) is 0 Å². The second-order valence-corrected chi connectivity index (χ2v) is 7.95. The molecule has 0 bridgehead atoms. The van der Waals surface area contributed by atoms with Gasteiger partial charge in [0.1, 0.15) is 11.5 Å². The van der Waals surface area contributed by atoms with Crippen molar-refractivity contribution < 1.29 is 4.39 Å². The van der Waals surface area contributed by atoms with E-state index in [1.54, 1.807) is 23.9 Å². The molecule has 0 amide bonds. The molecule has 156 valence electrons. The SMILES string of the molecule is Cn1cc(-c2c(F)cccc2Cl)c(=O)c2cnc(Nc3ccc4c(c3)CNCC4)nc21. The first kappa shape index (κ1) is 19.7. The van der Waals surface area contributed by atoms with E-state index >= 15 is 0 Å². The van der Waals surface area contributed by atoms with Gasteiger partial charge in [-0.1, -0.05) is 23.7 Å². The Morgan fingerprint density at radius 2 is 2.10 bits per heavy atom. The van der Waals surface area contributed by atoms with E-state index in [4.69, 9.17) is 11.6 Å². The lowest BCUT2D eigenvalue weighted by Gasteiger charge is -2.18. The number of aromatic nitrogens is 3. The first-order chi connectivity index (χ1) is 15.0. The molecule has 4 aromatic rings. The van der Waals surface area contributed by atoms with Crippen LogP contribution in [0, 0.1) is 5.82 Å². The average molecular weight is 436 g/mol. The molecule has 0 saturated carbocycles. The summed E-state index contributed by atoms with van der Waals surface area (Å²) < 4.78 is 16.1. The molecule has 1 aliphatic rings. The molecule has 0 unspecified atom stereocenters. The highest BCUT2D eigenvalue weighted by molar-refractivity contribution is 6.33. The summed E-state index contributed by atoms with van der Waals surface area (Å²) >= 11 is 6.17. The topological polar surface area (TPSA) is 71.8 Å². The Hall–Kier alpha value is -3.29. The fourth-order valence-electron chi connectivity index (χ4n) is 3.94. The monoisotopic (exact) mass is 435 g/mol. The van der Waals surface area contributed by atoms with Gasteiger partial charge >= 0.3 is 0 Å². The van der Waals surface area contributed by atoms with Crippen molar-refractivity contribution >= 4 is 34.3 Å². The van der Waals surface area contributed by atoms with Crippen molar-refractivity contribution in [2.45, 2.75) is 13.0 Å². The minimum absolute atomic E-state index is 0.0801.